The van der Waals surface area contributed by atoms with E-state index in [9.17, 15) is 14.4 Å². The molecule has 0 aliphatic carbocycles. The number of piperidine rings is 1. The molecule has 1 saturated heterocycles. The van der Waals surface area contributed by atoms with Gasteiger partial charge < -0.3 is 19.7 Å². The molecule has 7 heteroatoms. The molecule has 1 aliphatic heterocycles. The predicted molar refractivity (Wildman–Crippen MR) is 102 cm³/mol. The molecule has 0 unspecified atom stereocenters. The van der Waals surface area contributed by atoms with Crippen molar-refractivity contribution >= 4 is 29.7 Å². The molecule has 0 saturated carbocycles. The molecule has 1 fully saturated rings. The van der Waals surface area contributed by atoms with Crippen LogP contribution in [0, 0.1) is 5.92 Å². The molecule has 27 heavy (non-hydrogen) atoms. The van der Waals surface area contributed by atoms with Crippen molar-refractivity contribution in [1.29, 1.82) is 0 Å². The third kappa shape index (κ3) is 6.44. The van der Waals surface area contributed by atoms with E-state index in [2.05, 4.69) is 5.32 Å². The van der Waals surface area contributed by atoms with Crippen molar-refractivity contribution in [3.05, 3.63) is 35.9 Å². The smallest absolute Gasteiger partial charge is 0.409 e. The predicted octanol–water partition coefficient (Wildman–Crippen LogP) is 3.07. The lowest BCUT2D eigenvalue weighted by atomic mass is 9.96. The first-order valence-electron chi connectivity index (χ1n) is 9.21. The van der Waals surface area contributed by atoms with Gasteiger partial charge in [-0.2, -0.15) is 0 Å². The number of carbonyl (C=O) groups is 3. The topological polar surface area (TPSA) is 84.9 Å². The summed E-state index contributed by atoms with van der Waals surface area (Å²) in [6, 6.07) is 7.20. The SMILES string of the molecule is CCOC(=O)/C=C/c1ccc(NC(=O)C2CCN(C(=O)OCC)CC2)cc1. The van der Waals surface area contributed by atoms with Gasteiger partial charge in [0.25, 0.3) is 0 Å². The average Bonchev–Trinajstić information content (AvgIpc) is 2.68. The molecule has 1 N–H and O–H groups in total. The summed E-state index contributed by atoms with van der Waals surface area (Å²) in [5.41, 5.74) is 1.53. The Morgan fingerprint density at radius 1 is 1.07 bits per heavy atom. The highest BCUT2D eigenvalue weighted by Gasteiger charge is 2.27. The highest BCUT2D eigenvalue weighted by atomic mass is 16.6. The highest BCUT2D eigenvalue weighted by molar-refractivity contribution is 5.93. The minimum absolute atomic E-state index is 0.0478. The summed E-state index contributed by atoms with van der Waals surface area (Å²) in [6.45, 7) is 5.26. The van der Waals surface area contributed by atoms with E-state index < -0.39 is 0 Å². The number of hydrogen-bond donors (Lipinski definition) is 1. The quantitative estimate of drug-likeness (QED) is 0.611. The third-order valence-corrected chi connectivity index (χ3v) is 4.27. The Hall–Kier alpha value is -2.83. The summed E-state index contributed by atoms with van der Waals surface area (Å²) in [4.78, 5) is 37.1. The Morgan fingerprint density at radius 3 is 2.30 bits per heavy atom. The summed E-state index contributed by atoms with van der Waals surface area (Å²) in [7, 11) is 0. The number of benzene rings is 1. The summed E-state index contributed by atoms with van der Waals surface area (Å²) >= 11 is 0. The Bertz CT molecular complexity index is 676. The minimum Gasteiger partial charge on any atom is -0.463 e. The fraction of sp³-hybridized carbons (Fsp3) is 0.450. The first-order valence-corrected chi connectivity index (χ1v) is 9.21. The number of nitrogens with one attached hydrogen (secondary N) is 1. The first-order chi connectivity index (χ1) is 13.0. The number of carbonyl (C=O) groups excluding carboxylic acids is 3. The summed E-state index contributed by atoms with van der Waals surface area (Å²) < 4.78 is 9.81. The number of esters is 1. The molecule has 1 aliphatic rings. The van der Waals surface area contributed by atoms with E-state index in [1.54, 1.807) is 37.0 Å². The molecular weight excluding hydrogens is 348 g/mol. The summed E-state index contributed by atoms with van der Waals surface area (Å²) in [5.74, 6) is -0.559. The minimum atomic E-state index is -0.385. The van der Waals surface area contributed by atoms with Gasteiger partial charge in [0, 0.05) is 30.8 Å². The number of anilines is 1. The molecule has 2 amide bonds. The van der Waals surface area contributed by atoms with Crippen molar-refractivity contribution in [2.24, 2.45) is 5.92 Å². The van der Waals surface area contributed by atoms with Crippen LogP contribution in [-0.2, 0) is 19.1 Å². The van der Waals surface area contributed by atoms with Crippen LogP contribution in [0.1, 0.15) is 32.3 Å². The average molecular weight is 374 g/mol. The highest BCUT2D eigenvalue weighted by Crippen LogP contribution is 2.20. The molecule has 2 rings (SSSR count). The standard InChI is InChI=1S/C20H26N2O5/c1-3-26-18(23)10-7-15-5-8-17(9-6-15)21-19(24)16-11-13-22(14-12-16)20(25)27-4-2/h5-10,16H,3-4,11-14H2,1-2H3,(H,21,24)/b10-7+. The van der Waals surface area contributed by atoms with Crippen molar-refractivity contribution in [1.82, 2.24) is 4.90 Å². The van der Waals surface area contributed by atoms with Gasteiger partial charge in [-0.05, 0) is 50.5 Å². The molecule has 0 aromatic heterocycles. The van der Waals surface area contributed by atoms with Crippen LogP contribution in [0.15, 0.2) is 30.3 Å². The zero-order valence-electron chi connectivity index (χ0n) is 15.8. The van der Waals surface area contributed by atoms with Gasteiger partial charge in [-0.25, -0.2) is 9.59 Å². The van der Waals surface area contributed by atoms with Crippen LogP contribution in [0.5, 0.6) is 0 Å². The molecule has 1 aromatic carbocycles. The lowest BCUT2D eigenvalue weighted by Crippen LogP contribution is -2.41. The van der Waals surface area contributed by atoms with Gasteiger partial charge in [0.1, 0.15) is 0 Å². The van der Waals surface area contributed by atoms with Crippen molar-refractivity contribution in [2.75, 3.05) is 31.6 Å². The normalized spacial score (nSPS) is 14.8. The van der Waals surface area contributed by atoms with Crippen LogP contribution < -0.4 is 5.32 Å². The maximum Gasteiger partial charge on any atom is 0.409 e. The van der Waals surface area contributed by atoms with Crippen molar-refractivity contribution < 1.29 is 23.9 Å². The van der Waals surface area contributed by atoms with E-state index in [1.165, 1.54) is 6.08 Å². The van der Waals surface area contributed by atoms with Gasteiger partial charge in [0.2, 0.25) is 5.91 Å². The molecule has 1 aromatic rings. The van der Waals surface area contributed by atoms with Crippen LogP contribution >= 0.6 is 0 Å². The van der Waals surface area contributed by atoms with Gasteiger partial charge in [0.05, 0.1) is 13.2 Å². The Kier molecular flexibility index (Phi) is 7.85. The number of likely N-dealkylation sites (tertiary alicyclic amines) is 1. The largest absolute Gasteiger partial charge is 0.463 e. The van der Waals surface area contributed by atoms with Crippen LogP contribution in [0.4, 0.5) is 10.5 Å². The molecule has 0 radical (unpaired) electrons. The maximum atomic E-state index is 12.4. The van der Waals surface area contributed by atoms with Crippen molar-refractivity contribution in [2.45, 2.75) is 26.7 Å². The van der Waals surface area contributed by atoms with Crippen LogP contribution in [0.25, 0.3) is 6.08 Å². The van der Waals surface area contributed by atoms with E-state index in [4.69, 9.17) is 9.47 Å². The van der Waals surface area contributed by atoms with E-state index in [-0.39, 0.29) is 23.9 Å². The van der Waals surface area contributed by atoms with Crippen LogP contribution in [0.3, 0.4) is 0 Å². The Balaban J connectivity index is 1.82. The molecule has 0 atom stereocenters. The van der Waals surface area contributed by atoms with Gasteiger partial charge >= 0.3 is 12.1 Å². The fourth-order valence-electron chi connectivity index (χ4n) is 2.82. The molecule has 0 bridgehead atoms. The van der Waals surface area contributed by atoms with Crippen molar-refractivity contribution in [3.63, 3.8) is 0 Å². The van der Waals surface area contributed by atoms with Gasteiger partial charge in [0.15, 0.2) is 0 Å². The molecule has 0 spiro atoms. The number of ether oxygens (including phenoxy) is 2. The number of amides is 2. The zero-order chi connectivity index (χ0) is 19.6. The number of rotatable bonds is 6. The van der Waals surface area contributed by atoms with Crippen LogP contribution in [-0.4, -0.2) is 49.2 Å². The summed E-state index contributed by atoms with van der Waals surface area (Å²) in [5, 5.41) is 2.90. The zero-order valence-corrected chi connectivity index (χ0v) is 15.8. The van der Waals surface area contributed by atoms with E-state index in [0.717, 1.165) is 5.56 Å². The Labute approximate surface area is 159 Å². The van der Waals surface area contributed by atoms with Gasteiger partial charge in [-0.1, -0.05) is 12.1 Å². The monoisotopic (exact) mass is 374 g/mol. The van der Waals surface area contributed by atoms with Gasteiger partial charge in [-0.3, -0.25) is 4.79 Å². The van der Waals surface area contributed by atoms with E-state index in [0.29, 0.717) is 44.8 Å². The fourth-order valence-corrected chi connectivity index (χ4v) is 2.82. The second-order valence-electron chi connectivity index (χ2n) is 6.16. The molecule has 7 nitrogen and oxygen atoms in total. The first kappa shape index (κ1) is 20.5. The second-order valence-corrected chi connectivity index (χ2v) is 6.16. The van der Waals surface area contributed by atoms with E-state index in [1.807, 2.05) is 12.1 Å². The lowest BCUT2D eigenvalue weighted by Gasteiger charge is -2.30. The molecule has 146 valence electrons. The summed E-state index contributed by atoms with van der Waals surface area (Å²) in [6.07, 6.45) is 3.95. The van der Waals surface area contributed by atoms with E-state index >= 15 is 0 Å². The number of hydrogen-bond acceptors (Lipinski definition) is 5. The molecular formula is C20H26N2O5. The maximum absolute atomic E-state index is 12.4. The van der Waals surface area contributed by atoms with Crippen LogP contribution in [0.2, 0.25) is 0 Å². The lowest BCUT2D eigenvalue weighted by molar-refractivity contribution is -0.137. The van der Waals surface area contributed by atoms with Crippen molar-refractivity contribution in [3.8, 4) is 0 Å². The Morgan fingerprint density at radius 2 is 1.70 bits per heavy atom. The van der Waals surface area contributed by atoms with Gasteiger partial charge in [-0.15, -0.1) is 0 Å². The number of nitrogens with zero attached hydrogens (tertiary/aromatic N) is 1. The second kappa shape index (κ2) is 10.4. The third-order valence-electron chi connectivity index (χ3n) is 4.27. The molecule has 1 heterocycles.